The molecule has 0 aromatic carbocycles. The van der Waals surface area contributed by atoms with Crippen LogP contribution in [0.4, 0.5) is 0 Å². The van der Waals surface area contributed by atoms with E-state index >= 15 is 0 Å². The van der Waals surface area contributed by atoms with Crippen molar-refractivity contribution in [3.63, 3.8) is 0 Å². The molecule has 0 bridgehead atoms. The van der Waals surface area contributed by atoms with E-state index in [0.29, 0.717) is 12.5 Å². The summed E-state index contributed by atoms with van der Waals surface area (Å²) in [7, 11) is 0. The van der Waals surface area contributed by atoms with Crippen molar-refractivity contribution in [1.29, 1.82) is 0 Å². The van der Waals surface area contributed by atoms with Crippen molar-refractivity contribution in [2.75, 3.05) is 6.61 Å². The molecule has 0 rings (SSSR count). The van der Waals surface area contributed by atoms with Crippen LogP contribution in [0.3, 0.4) is 0 Å². The van der Waals surface area contributed by atoms with Crippen LogP contribution in [0.15, 0.2) is 0 Å². The van der Waals surface area contributed by atoms with Crippen LogP contribution in [0.25, 0.3) is 0 Å². The third kappa shape index (κ3) is 34.5. The molecule has 0 amide bonds. The van der Waals surface area contributed by atoms with E-state index < -0.39 is 0 Å². The number of carbonyl (C=O) groups is 1. The fourth-order valence-electron chi connectivity index (χ4n) is 0.438. The molecule has 0 saturated carbocycles. The Bertz CT molecular complexity index is 117. The predicted octanol–water partition coefficient (Wildman–Crippen LogP) is 1.98. The van der Waals surface area contributed by atoms with E-state index in [4.69, 9.17) is 9.84 Å². The first-order valence-corrected chi connectivity index (χ1v) is 4.67. The number of hydrogen-bond donors (Lipinski definition) is 1. The summed E-state index contributed by atoms with van der Waals surface area (Å²) < 4.78 is 4.71. The van der Waals surface area contributed by atoms with Crippen LogP contribution in [0.1, 0.15) is 41.0 Å². The number of carbonyl (C=O) groups excluding carboxylic acids is 1. The zero-order chi connectivity index (χ0) is 10.9. The zero-order valence-corrected chi connectivity index (χ0v) is 9.33. The Morgan fingerprint density at radius 3 is 1.92 bits per heavy atom. The van der Waals surface area contributed by atoms with E-state index in [2.05, 4.69) is 13.8 Å². The summed E-state index contributed by atoms with van der Waals surface area (Å²) in [4.78, 5) is 10.2. The third-order valence-corrected chi connectivity index (χ3v) is 1.00. The van der Waals surface area contributed by atoms with E-state index in [1.807, 2.05) is 0 Å². The second kappa shape index (κ2) is 9.52. The molecule has 0 aliphatic rings. The molecule has 0 spiro atoms. The predicted molar refractivity (Wildman–Crippen MR) is 53.4 cm³/mol. The third-order valence-electron chi connectivity index (χ3n) is 1.00. The number of aliphatic hydroxyl groups is 1. The molecule has 0 aliphatic heterocycles. The summed E-state index contributed by atoms with van der Waals surface area (Å²) in [5, 5.41) is 8.06. The summed E-state index contributed by atoms with van der Waals surface area (Å²) in [6.07, 6.45) is 0.791. The molecular formula is C10H22O3. The van der Waals surface area contributed by atoms with Gasteiger partial charge in [-0.15, -0.1) is 0 Å². The van der Waals surface area contributed by atoms with Gasteiger partial charge in [-0.3, -0.25) is 4.79 Å². The van der Waals surface area contributed by atoms with Gasteiger partial charge in [-0.2, -0.15) is 0 Å². The highest BCUT2D eigenvalue weighted by Crippen LogP contribution is 1.98. The Balaban J connectivity index is 0. The van der Waals surface area contributed by atoms with Crippen LogP contribution in [-0.2, 0) is 9.53 Å². The van der Waals surface area contributed by atoms with Gasteiger partial charge in [0.25, 0.3) is 0 Å². The van der Waals surface area contributed by atoms with Crippen LogP contribution in [0.5, 0.6) is 0 Å². The lowest BCUT2D eigenvalue weighted by molar-refractivity contribution is -0.141. The maximum Gasteiger partial charge on any atom is 0.302 e. The van der Waals surface area contributed by atoms with Crippen molar-refractivity contribution in [2.24, 2.45) is 5.92 Å². The lowest BCUT2D eigenvalue weighted by atomic mass is 10.1. The molecule has 0 unspecified atom stereocenters. The Kier molecular flexibility index (Phi) is 10.9. The van der Waals surface area contributed by atoms with E-state index in [0.717, 1.165) is 6.42 Å². The maximum atomic E-state index is 10.2. The number of aliphatic hydroxyl groups excluding tert-OH is 1. The van der Waals surface area contributed by atoms with Crippen LogP contribution < -0.4 is 0 Å². The van der Waals surface area contributed by atoms with Gasteiger partial charge in [0.1, 0.15) is 0 Å². The average Bonchev–Trinajstić information content (AvgIpc) is 1.83. The van der Waals surface area contributed by atoms with Crippen LogP contribution in [0, 0.1) is 5.92 Å². The zero-order valence-electron chi connectivity index (χ0n) is 9.33. The van der Waals surface area contributed by atoms with Gasteiger partial charge in [0, 0.05) is 13.0 Å². The van der Waals surface area contributed by atoms with Gasteiger partial charge in [-0.05, 0) is 26.2 Å². The standard InChI is InChI=1S/C7H14O2.C3H8O/c1-6(2)4-5-9-7(3)8;1-3(2)4/h6H,4-5H2,1-3H3;3-4H,1-2H3. The van der Waals surface area contributed by atoms with Gasteiger partial charge in [0.05, 0.1) is 6.61 Å². The molecule has 80 valence electrons. The minimum atomic E-state index is -0.185. The number of rotatable bonds is 3. The lowest BCUT2D eigenvalue weighted by Crippen LogP contribution is -2.02. The smallest absolute Gasteiger partial charge is 0.302 e. The Hall–Kier alpha value is -0.570. The molecule has 0 radical (unpaired) electrons. The molecule has 0 aliphatic carbocycles. The highest BCUT2D eigenvalue weighted by molar-refractivity contribution is 5.65. The quantitative estimate of drug-likeness (QED) is 0.692. The molecule has 0 aromatic rings. The SMILES string of the molecule is CC(=O)OCCC(C)C.CC(C)O. The lowest BCUT2D eigenvalue weighted by Gasteiger charge is -2.02. The van der Waals surface area contributed by atoms with Gasteiger partial charge in [-0.25, -0.2) is 0 Å². The van der Waals surface area contributed by atoms with E-state index in [1.165, 1.54) is 6.92 Å². The normalized spacial score (nSPS) is 9.54. The molecule has 3 heteroatoms. The Morgan fingerprint density at radius 1 is 1.31 bits per heavy atom. The molecule has 0 fully saturated rings. The average molecular weight is 190 g/mol. The highest BCUT2D eigenvalue weighted by Gasteiger charge is 1.94. The maximum absolute atomic E-state index is 10.2. The minimum absolute atomic E-state index is 0.167. The van der Waals surface area contributed by atoms with Gasteiger partial charge < -0.3 is 9.84 Å². The summed E-state index contributed by atoms with van der Waals surface area (Å²) in [5.41, 5.74) is 0. The molecule has 1 N–H and O–H groups in total. The molecule has 3 nitrogen and oxygen atoms in total. The first-order chi connectivity index (χ1) is 5.86. The van der Waals surface area contributed by atoms with Crippen molar-refractivity contribution in [1.82, 2.24) is 0 Å². The minimum Gasteiger partial charge on any atom is -0.466 e. The molecular weight excluding hydrogens is 168 g/mol. The van der Waals surface area contributed by atoms with Crippen LogP contribution >= 0.6 is 0 Å². The number of hydrogen-bond acceptors (Lipinski definition) is 3. The van der Waals surface area contributed by atoms with Gasteiger partial charge in [0.15, 0.2) is 0 Å². The monoisotopic (exact) mass is 190 g/mol. The van der Waals surface area contributed by atoms with Gasteiger partial charge in [0.2, 0.25) is 0 Å². The molecule has 13 heavy (non-hydrogen) atoms. The first kappa shape index (κ1) is 14.9. The Morgan fingerprint density at radius 2 is 1.69 bits per heavy atom. The molecule has 0 aromatic heterocycles. The number of ether oxygens (including phenoxy) is 1. The van der Waals surface area contributed by atoms with Gasteiger partial charge in [-0.1, -0.05) is 13.8 Å². The fraction of sp³-hybridized carbons (Fsp3) is 0.900. The summed E-state index contributed by atoms with van der Waals surface area (Å²) in [6, 6.07) is 0. The molecule has 0 saturated heterocycles. The van der Waals surface area contributed by atoms with Crippen molar-refractivity contribution in [3.8, 4) is 0 Å². The van der Waals surface area contributed by atoms with Crippen molar-refractivity contribution < 1.29 is 14.6 Å². The van der Waals surface area contributed by atoms with Crippen LogP contribution in [0.2, 0.25) is 0 Å². The first-order valence-electron chi connectivity index (χ1n) is 4.67. The van der Waals surface area contributed by atoms with E-state index in [-0.39, 0.29) is 12.1 Å². The second-order valence-electron chi connectivity index (χ2n) is 3.62. The molecule has 0 atom stereocenters. The van der Waals surface area contributed by atoms with Crippen molar-refractivity contribution in [2.45, 2.75) is 47.1 Å². The summed E-state index contributed by atoms with van der Waals surface area (Å²) in [6.45, 7) is 9.64. The second-order valence-corrected chi connectivity index (χ2v) is 3.62. The molecule has 0 heterocycles. The number of esters is 1. The largest absolute Gasteiger partial charge is 0.466 e. The highest BCUT2D eigenvalue weighted by atomic mass is 16.5. The summed E-state index contributed by atoms with van der Waals surface area (Å²) >= 11 is 0. The van der Waals surface area contributed by atoms with E-state index in [1.54, 1.807) is 13.8 Å². The summed E-state index contributed by atoms with van der Waals surface area (Å²) in [5.74, 6) is 0.431. The fourth-order valence-corrected chi connectivity index (χ4v) is 0.438. The van der Waals surface area contributed by atoms with Crippen LogP contribution in [-0.4, -0.2) is 23.8 Å². The van der Waals surface area contributed by atoms with Crippen molar-refractivity contribution >= 4 is 5.97 Å². The topological polar surface area (TPSA) is 46.5 Å². The van der Waals surface area contributed by atoms with E-state index in [9.17, 15) is 4.79 Å². The Labute approximate surface area is 81.1 Å². The van der Waals surface area contributed by atoms with Gasteiger partial charge >= 0.3 is 5.97 Å². The van der Waals surface area contributed by atoms with Crippen molar-refractivity contribution in [3.05, 3.63) is 0 Å².